The lowest BCUT2D eigenvalue weighted by molar-refractivity contribution is 0.296. The van der Waals surface area contributed by atoms with Gasteiger partial charge in [-0.2, -0.15) is 5.10 Å². The Morgan fingerprint density at radius 2 is 1.92 bits per heavy atom. The van der Waals surface area contributed by atoms with Crippen LogP contribution in [0.3, 0.4) is 0 Å². The Balaban J connectivity index is 1.71. The number of phenolic OH excluding ortho intramolecular Hbond substituents is 1. The van der Waals surface area contributed by atoms with Gasteiger partial charge in [-0.3, -0.25) is 5.10 Å². The Bertz CT molecular complexity index is 818. The molecule has 1 heterocycles. The molecule has 0 bridgehead atoms. The molecule has 0 fully saturated rings. The van der Waals surface area contributed by atoms with Crippen LogP contribution in [0.5, 0.6) is 17.2 Å². The monoisotopic (exact) mass is 329 g/mol. The normalized spacial score (nSPS) is 10.6. The van der Waals surface area contributed by atoms with Crippen LogP contribution in [0.1, 0.15) is 12.7 Å². The highest BCUT2D eigenvalue weighted by Crippen LogP contribution is 2.30. The zero-order valence-corrected chi connectivity index (χ0v) is 13.0. The summed E-state index contributed by atoms with van der Waals surface area (Å²) in [6, 6.07) is 10.6. The van der Waals surface area contributed by atoms with Crippen LogP contribution in [0.4, 0.5) is 4.39 Å². The minimum atomic E-state index is -0.318. The summed E-state index contributed by atoms with van der Waals surface area (Å²) in [4.78, 5) is 4.34. The van der Waals surface area contributed by atoms with Gasteiger partial charge in [-0.1, -0.05) is 0 Å². The van der Waals surface area contributed by atoms with Crippen molar-refractivity contribution < 1.29 is 19.0 Å². The highest BCUT2D eigenvalue weighted by Gasteiger charge is 2.10. The third-order valence-corrected chi connectivity index (χ3v) is 3.24. The Morgan fingerprint density at radius 1 is 1.12 bits per heavy atom. The number of benzene rings is 2. The van der Waals surface area contributed by atoms with Gasteiger partial charge in [0.05, 0.1) is 6.61 Å². The molecule has 24 heavy (non-hydrogen) atoms. The number of hydrogen-bond donors (Lipinski definition) is 2. The average Bonchev–Trinajstić information content (AvgIpc) is 3.05. The van der Waals surface area contributed by atoms with Crippen LogP contribution in [-0.2, 0) is 6.61 Å². The van der Waals surface area contributed by atoms with Crippen LogP contribution >= 0.6 is 0 Å². The molecule has 0 amide bonds. The molecule has 3 rings (SSSR count). The second-order valence-electron chi connectivity index (χ2n) is 4.96. The summed E-state index contributed by atoms with van der Waals surface area (Å²) in [5, 5.41) is 16.6. The first-order valence-electron chi connectivity index (χ1n) is 7.41. The van der Waals surface area contributed by atoms with Crippen LogP contribution in [0, 0.1) is 5.82 Å². The smallest absolute Gasteiger partial charge is 0.181 e. The summed E-state index contributed by atoms with van der Waals surface area (Å²) < 4.78 is 23.7. The maximum atomic E-state index is 12.8. The second-order valence-corrected chi connectivity index (χ2v) is 4.96. The number of hydrogen-bond acceptors (Lipinski definition) is 5. The Morgan fingerprint density at radius 3 is 2.67 bits per heavy atom. The molecule has 0 aliphatic carbocycles. The first-order chi connectivity index (χ1) is 11.7. The molecule has 7 heteroatoms. The Kier molecular flexibility index (Phi) is 4.60. The molecule has 0 aliphatic heterocycles. The number of H-pyrrole nitrogens is 1. The number of phenols is 1. The molecule has 1 aromatic heterocycles. The van der Waals surface area contributed by atoms with Gasteiger partial charge in [0.1, 0.15) is 18.2 Å². The van der Waals surface area contributed by atoms with E-state index in [1.165, 1.54) is 18.2 Å². The van der Waals surface area contributed by atoms with E-state index in [0.29, 0.717) is 35.3 Å². The van der Waals surface area contributed by atoms with Gasteiger partial charge >= 0.3 is 0 Å². The van der Waals surface area contributed by atoms with E-state index in [0.717, 1.165) is 0 Å². The van der Waals surface area contributed by atoms with Crippen molar-refractivity contribution in [2.75, 3.05) is 6.61 Å². The minimum Gasteiger partial charge on any atom is -0.504 e. The van der Waals surface area contributed by atoms with Crippen LogP contribution in [0.15, 0.2) is 42.5 Å². The highest BCUT2D eigenvalue weighted by molar-refractivity contribution is 5.60. The summed E-state index contributed by atoms with van der Waals surface area (Å²) in [5.41, 5.74) is 0.709. The van der Waals surface area contributed by atoms with E-state index in [1.807, 2.05) is 6.92 Å². The third-order valence-electron chi connectivity index (χ3n) is 3.24. The molecule has 0 saturated carbocycles. The lowest BCUT2D eigenvalue weighted by Gasteiger charge is -2.06. The zero-order chi connectivity index (χ0) is 16.9. The van der Waals surface area contributed by atoms with Gasteiger partial charge in [0, 0.05) is 5.56 Å². The lowest BCUT2D eigenvalue weighted by Crippen LogP contribution is -1.97. The summed E-state index contributed by atoms with van der Waals surface area (Å²) >= 11 is 0. The lowest BCUT2D eigenvalue weighted by atomic mass is 10.2. The van der Waals surface area contributed by atoms with Crippen LogP contribution in [-0.4, -0.2) is 26.9 Å². The molecule has 6 nitrogen and oxygen atoms in total. The van der Waals surface area contributed by atoms with E-state index in [-0.39, 0.29) is 18.2 Å². The molecule has 0 atom stereocenters. The van der Waals surface area contributed by atoms with E-state index >= 15 is 0 Å². The van der Waals surface area contributed by atoms with Gasteiger partial charge in [-0.25, -0.2) is 9.37 Å². The SMILES string of the molecule is CCOc1cc(-c2n[nH]c(COc3ccc(F)cc3)n2)ccc1O. The van der Waals surface area contributed by atoms with E-state index in [2.05, 4.69) is 15.2 Å². The molecule has 2 aromatic carbocycles. The molecule has 0 unspecified atom stereocenters. The highest BCUT2D eigenvalue weighted by atomic mass is 19.1. The predicted molar refractivity (Wildman–Crippen MR) is 85.4 cm³/mol. The topological polar surface area (TPSA) is 80.3 Å². The van der Waals surface area contributed by atoms with Gasteiger partial charge in [0.2, 0.25) is 0 Å². The van der Waals surface area contributed by atoms with Crippen molar-refractivity contribution in [1.82, 2.24) is 15.2 Å². The number of rotatable bonds is 6. The standard InChI is InChI=1S/C17H16FN3O3/c1-2-23-15-9-11(3-8-14(15)22)17-19-16(20-21-17)10-24-13-6-4-12(18)5-7-13/h3-9,22H,2,10H2,1H3,(H,19,20,21). The molecule has 124 valence electrons. The first-order valence-corrected chi connectivity index (χ1v) is 7.41. The third kappa shape index (κ3) is 3.62. The molecule has 0 aliphatic rings. The van der Waals surface area contributed by atoms with Gasteiger partial charge in [-0.15, -0.1) is 0 Å². The van der Waals surface area contributed by atoms with Gasteiger partial charge in [0.25, 0.3) is 0 Å². The molecule has 3 aromatic rings. The van der Waals surface area contributed by atoms with Crippen molar-refractivity contribution in [3.8, 4) is 28.6 Å². The fourth-order valence-electron chi connectivity index (χ4n) is 2.10. The van der Waals surface area contributed by atoms with Crippen molar-refractivity contribution in [3.63, 3.8) is 0 Å². The van der Waals surface area contributed by atoms with Crippen molar-refractivity contribution in [2.24, 2.45) is 0 Å². The number of aromatic nitrogens is 3. The fourth-order valence-corrected chi connectivity index (χ4v) is 2.10. The summed E-state index contributed by atoms with van der Waals surface area (Å²) in [6.45, 7) is 2.46. The second kappa shape index (κ2) is 6.99. The number of aromatic hydroxyl groups is 1. The van der Waals surface area contributed by atoms with E-state index in [1.54, 1.807) is 24.3 Å². The Labute approximate surface area is 137 Å². The van der Waals surface area contributed by atoms with Crippen molar-refractivity contribution >= 4 is 0 Å². The largest absolute Gasteiger partial charge is 0.504 e. The molecule has 0 saturated heterocycles. The molecule has 0 radical (unpaired) electrons. The summed E-state index contributed by atoms with van der Waals surface area (Å²) in [7, 11) is 0. The molecular weight excluding hydrogens is 313 g/mol. The van der Waals surface area contributed by atoms with Crippen LogP contribution in [0.25, 0.3) is 11.4 Å². The zero-order valence-electron chi connectivity index (χ0n) is 13.0. The van der Waals surface area contributed by atoms with Gasteiger partial charge in [-0.05, 0) is 49.4 Å². The van der Waals surface area contributed by atoms with E-state index < -0.39 is 0 Å². The van der Waals surface area contributed by atoms with E-state index in [4.69, 9.17) is 9.47 Å². The average molecular weight is 329 g/mol. The van der Waals surface area contributed by atoms with Gasteiger partial charge < -0.3 is 14.6 Å². The fraction of sp³-hybridized carbons (Fsp3) is 0.176. The summed E-state index contributed by atoms with van der Waals surface area (Å²) in [6.07, 6.45) is 0. The number of halogens is 1. The molecular formula is C17H16FN3O3. The molecule has 0 spiro atoms. The number of nitrogens with one attached hydrogen (secondary N) is 1. The summed E-state index contributed by atoms with van der Waals surface area (Å²) in [5.74, 6) is 1.66. The number of ether oxygens (including phenoxy) is 2. The number of nitrogens with zero attached hydrogens (tertiary/aromatic N) is 2. The number of aromatic amines is 1. The predicted octanol–water partition coefficient (Wildman–Crippen LogP) is 3.29. The molecule has 2 N–H and O–H groups in total. The van der Waals surface area contributed by atoms with Crippen LogP contribution < -0.4 is 9.47 Å². The van der Waals surface area contributed by atoms with Gasteiger partial charge in [0.15, 0.2) is 23.1 Å². The van der Waals surface area contributed by atoms with Crippen molar-refractivity contribution in [3.05, 3.63) is 54.1 Å². The Hall–Kier alpha value is -3.09. The quantitative estimate of drug-likeness (QED) is 0.725. The first kappa shape index (κ1) is 15.8. The van der Waals surface area contributed by atoms with E-state index in [9.17, 15) is 9.50 Å². The van der Waals surface area contributed by atoms with Crippen molar-refractivity contribution in [2.45, 2.75) is 13.5 Å². The maximum Gasteiger partial charge on any atom is 0.181 e. The van der Waals surface area contributed by atoms with Crippen molar-refractivity contribution in [1.29, 1.82) is 0 Å². The minimum absolute atomic E-state index is 0.0657. The van der Waals surface area contributed by atoms with Crippen LogP contribution in [0.2, 0.25) is 0 Å². The maximum absolute atomic E-state index is 12.8.